The number of ether oxygens (including phenoxy) is 1. The Labute approximate surface area is 183 Å². The van der Waals surface area contributed by atoms with Crippen molar-refractivity contribution in [2.75, 3.05) is 17.7 Å². The first kappa shape index (κ1) is 19.5. The lowest BCUT2D eigenvalue weighted by molar-refractivity contribution is 0.340. The molecule has 0 saturated carbocycles. The molecular formula is C21H22N10O. The molecule has 32 heavy (non-hydrogen) atoms. The van der Waals surface area contributed by atoms with E-state index in [1.165, 1.54) is 0 Å². The zero-order chi connectivity index (χ0) is 21.9. The van der Waals surface area contributed by atoms with Crippen LogP contribution in [-0.4, -0.2) is 45.7 Å². The molecule has 5 aromatic rings. The van der Waals surface area contributed by atoms with Crippen molar-refractivity contribution >= 4 is 28.7 Å². The molecule has 11 heteroatoms. The SMILES string of the molecule is CCOc1ccc(-n2c(N)nc3cnc(Nc4cnn(CCn5cccn5)c4)nc32)cc1. The van der Waals surface area contributed by atoms with Crippen molar-refractivity contribution in [1.29, 1.82) is 0 Å². The topological polar surface area (TPSA) is 127 Å². The highest BCUT2D eigenvalue weighted by Gasteiger charge is 2.14. The normalized spacial score (nSPS) is 11.2. The molecule has 0 atom stereocenters. The second-order valence-corrected chi connectivity index (χ2v) is 7.02. The van der Waals surface area contributed by atoms with Crippen LogP contribution in [0.3, 0.4) is 0 Å². The second-order valence-electron chi connectivity index (χ2n) is 7.02. The maximum Gasteiger partial charge on any atom is 0.229 e. The van der Waals surface area contributed by atoms with E-state index < -0.39 is 0 Å². The monoisotopic (exact) mass is 430 g/mol. The summed E-state index contributed by atoms with van der Waals surface area (Å²) < 4.78 is 11.0. The third kappa shape index (κ3) is 3.95. The maximum atomic E-state index is 6.17. The molecule has 0 bridgehead atoms. The number of benzene rings is 1. The van der Waals surface area contributed by atoms with Crippen LogP contribution in [0.25, 0.3) is 16.9 Å². The minimum absolute atomic E-state index is 0.335. The van der Waals surface area contributed by atoms with Crippen molar-refractivity contribution in [3.05, 3.63) is 61.3 Å². The standard InChI is InChI=1S/C21H22N10O/c1-2-32-17-6-4-16(5-7-17)31-19-18(27-20(31)22)13-23-21(28-19)26-15-12-25-30(14-15)11-10-29-9-3-8-24-29/h3-9,12-14H,2,10-11H2,1H3,(H2,22,27)(H,23,26,28). The van der Waals surface area contributed by atoms with E-state index in [4.69, 9.17) is 10.5 Å². The van der Waals surface area contributed by atoms with Gasteiger partial charge in [0.05, 0.1) is 43.5 Å². The summed E-state index contributed by atoms with van der Waals surface area (Å²) in [5.74, 6) is 1.55. The van der Waals surface area contributed by atoms with E-state index in [0.29, 0.717) is 36.2 Å². The van der Waals surface area contributed by atoms with Crippen molar-refractivity contribution in [2.45, 2.75) is 20.0 Å². The number of anilines is 3. The molecule has 0 aliphatic carbocycles. The van der Waals surface area contributed by atoms with Crippen molar-refractivity contribution in [3.8, 4) is 11.4 Å². The molecule has 0 spiro atoms. The van der Waals surface area contributed by atoms with E-state index in [9.17, 15) is 0 Å². The van der Waals surface area contributed by atoms with Crippen LogP contribution < -0.4 is 15.8 Å². The van der Waals surface area contributed by atoms with Crippen LogP contribution in [-0.2, 0) is 13.1 Å². The van der Waals surface area contributed by atoms with Gasteiger partial charge in [0.1, 0.15) is 11.3 Å². The molecule has 5 rings (SSSR count). The molecule has 0 saturated heterocycles. The second kappa shape index (κ2) is 8.38. The van der Waals surface area contributed by atoms with Crippen LogP contribution in [0.4, 0.5) is 17.6 Å². The van der Waals surface area contributed by atoms with Gasteiger partial charge < -0.3 is 15.8 Å². The first-order valence-electron chi connectivity index (χ1n) is 10.2. The lowest BCUT2D eigenvalue weighted by atomic mass is 10.3. The zero-order valence-corrected chi connectivity index (χ0v) is 17.5. The highest BCUT2D eigenvalue weighted by atomic mass is 16.5. The van der Waals surface area contributed by atoms with Gasteiger partial charge >= 0.3 is 0 Å². The Balaban J connectivity index is 1.37. The zero-order valence-electron chi connectivity index (χ0n) is 17.5. The maximum absolute atomic E-state index is 6.17. The molecule has 0 unspecified atom stereocenters. The predicted octanol–water partition coefficient (Wildman–Crippen LogP) is 2.63. The summed E-state index contributed by atoms with van der Waals surface area (Å²) in [5, 5.41) is 11.8. The molecule has 3 N–H and O–H groups in total. The number of nitrogens with one attached hydrogen (secondary N) is 1. The van der Waals surface area contributed by atoms with Gasteiger partial charge in [-0.2, -0.15) is 15.2 Å². The van der Waals surface area contributed by atoms with Gasteiger partial charge in [-0.3, -0.25) is 13.9 Å². The number of nitrogen functional groups attached to an aromatic ring is 1. The van der Waals surface area contributed by atoms with Gasteiger partial charge in [-0.25, -0.2) is 9.97 Å². The molecule has 11 nitrogen and oxygen atoms in total. The fraction of sp³-hybridized carbons (Fsp3) is 0.190. The quantitative estimate of drug-likeness (QED) is 0.385. The first-order chi connectivity index (χ1) is 15.7. The fourth-order valence-electron chi connectivity index (χ4n) is 3.38. The Morgan fingerprint density at radius 1 is 1.03 bits per heavy atom. The molecule has 0 fully saturated rings. The van der Waals surface area contributed by atoms with Gasteiger partial charge in [-0.05, 0) is 37.3 Å². The number of nitrogens with two attached hydrogens (primary N) is 1. The number of hydrogen-bond acceptors (Lipinski definition) is 8. The van der Waals surface area contributed by atoms with Gasteiger partial charge in [-0.15, -0.1) is 0 Å². The third-order valence-electron chi connectivity index (χ3n) is 4.84. The van der Waals surface area contributed by atoms with Gasteiger partial charge in [0, 0.05) is 18.6 Å². The van der Waals surface area contributed by atoms with Crippen molar-refractivity contribution in [3.63, 3.8) is 0 Å². The minimum Gasteiger partial charge on any atom is -0.494 e. The fourth-order valence-corrected chi connectivity index (χ4v) is 3.38. The van der Waals surface area contributed by atoms with E-state index >= 15 is 0 Å². The predicted molar refractivity (Wildman–Crippen MR) is 120 cm³/mol. The van der Waals surface area contributed by atoms with Gasteiger partial charge in [0.25, 0.3) is 0 Å². The van der Waals surface area contributed by atoms with Crippen LogP contribution >= 0.6 is 0 Å². The van der Waals surface area contributed by atoms with Gasteiger partial charge in [-0.1, -0.05) is 0 Å². The smallest absolute Gasteiger partial charge is 0.229 e. The Kier molecular flexibility index (Phi) is 5.12. The average molecular weight is 430 g/mol. The van der Waals surface area contributed by atoms with Crippen LogP contribution in [0.5, 0.6) is 5.75 Å². The molecule has 4 heterocycles. The van der Waals surface area contributed by atoms with Crippen LogP contribution in [0.2, 0.25) is 0 Å². The largest absolute Gasteiger partial charge is 0.494 e. The molecule has 0 aliphatic rings. The highest BCUT2D eigenvalue weighted by molar-refractivity contribution is 5.77. The van der Waals surface area contributed by atoms with Crippen LogP contribution in [0.1, 0.15) is 6.92 Å². The van der Waals surface area contributed by atoms with Crippen molar-refractivity contribution in [1.82, 2.24) is 39.1 Å². The van der Waals surface area contributed by atoms with Gasteiger partial charge in [0.15, 0.2) is 5.65 Å². The summed E-state index contributed by atoms with van der Waals surface area (Å²) >= 11 is 0. The van der Waals surface area contributed by atoms with E-state index in [-0.39, 0.29) is 0 Å². The summed E-state index contributed by atoms with van der Waals surface area (Å²) in [6.45, 7) is 3.99. The van der Waals surface area contributed by atoms with Crippen molar-refractivity contribution < 1.29 is 4.74 Å². The summed E-state index contributed by atoms with van der Waals surface area (Å²) in [6.07, 6.45) is 8.96. The van der Waals surface area contributed by atoms with Crippen LogP contribution in [0.15, 0.2) is 61.3 Å². The number of nitrogens with zero attached hydrogens (tertiary/aromatic N) is 8. The Morgan fingerprint density at radius 2 is 1.88 bits per heavy atom. The summed E-state index contributed by atoms with van der Waals surface area (Å²) in [5.41, 5.74) is 9.01. The average Bonchev–Trinajstić information content (AvgIpc) is 3.53. The number of hydrogen-bond donors (Lipinski definition) is 2. The third-order valence-corrected chi connectivity index (χ3v) is 4.84. The Hall–Kier alpha value is -4.41. The Bertz CT molecular complexity index is 1320. The van der Waals surface area contributed by atoms with E-state index in [2.05, 4.69) is 30.5 Å². The molecular weight excluding hydrogens is 408 g/mol. The van der Waals surface area contributed by atoms with E-state index in [0.717, 1.165) is 23.7 Å². The lowest BCUT2D eigenvalue weighted by Gasteiger charge is -2.08. The minimum atomic E-state index is 0.335. The van der Waals surface area contributed by atoms with E-state index in [1.807, 2.05) is 59.0 Å². The van der Waals surface area contributed by atoms with Crippen LogP contribution in [0, 0.1) is 0 Å². The molecule has 0 aliphatic heterocycles. The lowest BCUT2D eigenvalue weighted by Crippen LogP contribution is -2.07. The number of rotatable bonds is 8. The Morgan fingerprint density at radius 3 is 2.66 bits per heavy atom. The number of aromatic nitrogens is 8. The molecule has 0 amide bonds. The summed E-state index contributed by atoms with van der Waals surface area (Å²) in [4.78, 5) is 13.4. The van der Waals surface area contributed by atoms with Crippen molar-refractivity contribution in [2.24, 2.45) is 0 Å². The molecule has 162 valence electrons. The number of aryl methyl sites for hydroxylation is 2. The summed E-state index contributed by atoms with van der Waals surface area (Å²) in [7, 11) is 0. The van der Waals surface area contributed by atoms with Gasteiger partial charge in [0.2, 0.25) is 11.9 Å². The molecule has 4 aromatic heterocycles. The number of imidazole rings is 1. The highest BCUT2D eigenvalue weighted by Crippen LogP contribution is 2.24. The number of fused-ring (bicyclic) bond motifs is 1. The first-order valence-corrected chi connectivity index (χ1v) is 10.2. The molecule has 0 radical (unpaired) electrons. The molecule has 1 aromatic carbocycles. The summed E-state index contributed by atoms with van der Waals surface area (Å²) in [6, 6.07) is 9.52. The van der Waals surface area contributed by atoms with E-state index in [1.54, 1.807) is 23.2 Å².